The van der Waals surface area contributed by atoms with E-state index in [-0.39, 0.29) is 36.0 Å². The van der Waals surface area contributed by atoms with Crippen molar-refractivity contribution in [2.24, 2.45) is 5.92 Å². The number of aliphatic hydroxyl groups is 3. The van der Waals surface area contributed by atoms with Gasteiger partial charge in [-0.25, -0.2) is 4.98 Å². The lowest BCUT2D eigenvalue weighted by Crippen LogP contribution is -2.35. The first kappa shape index (κ1) is 25.4. The highest BCUT2D eigenvalue weighted by atomic mass is 35.5. The van der Waals surface area contributed by atoms with Crippen LogP contribution in [0.4, 0.5) is 24.9 Å². The zero-order valence-corrected chi connectivity index (χ0v) is 19.7. The molecule has 2 aliphatic rings. The molecular formula is C21H27ClF3N5O3S. The van der Waals surface area contributed by atoms with Gasteiger partial charge in [0.1, 0.15) is 23.6 Å². The molecule has 0 spiro atoms. The van der Waals surface area contributed by atoms with E-state index in [0.29, 0.717) is 5.56 Å². The number of nitrogens with one attached hydrogen (secondary N) is 3. The van der Waals surface area contributed by atoms with Crippen molar-refractivity contribution >= 4 is 34.7 Å². The smallest absolute Gasteiger partial charge is 0.396 e. The van der Waals surface area contributed by atoms with Crippen LogP contribution in [0.3, 0.4) is 0 Å². The molecule has 2 aromatic rings. The molecule has 3 heterocycles. The van der Waals surface area contributed by atoms with Crippen molar-refractivity contribution in [3.63, 3.8) is 0 Å². The minimum atomic E-state index is -4.47. The molecule has 1 saturated heterocycles. The van der Waals surface area contributed by atoms with E-state index in [1.165, 1.54) is 11.3 Å². The standard InChI is InChI=1S/C21H27ClF3N5O3S/c22-18-15(14-5-4-13(34-14)11-3-1-2-6-26-11)19(30-20(29-18)27-9-21(23,24)25)28-12-7-10(8-31)16(32)17(12)33/h4-5,10-12,16-17,26,31-33H,1-3,6-9H2,(H2,27,28,29,30)/t10-,11?,12-,16-,17+/m1/s1. The van der Waals surface area contributed by atoms with Crippen molar-refractivity contribution in [3.8, 4) is 10.4 Å². The summed E-state index contributed by atoms with van der Waals surface area (Å²) in [4.78, 5) is 10.1. The fraction of sp³-hybridized carbons (Fsp3) is 0.619. The highest BCUT2D eigenvalue weighted by Crippen LogP contribution is 2.41. The van der Waals surface area contributed by atoms with Crippen LogP contribution in [0, 0.1) is 5.92 Å². The van der Waals surface area contributed by atoms with Gasteiger partial charge in [0.2, 0.25) is 5.95 Å². The molecule has 0 aromatic carbocycles. The largest absolute Gasteiger partial charge is 0.405 e. The molecule has 1 aliphatic heterocycles. The Hall–Kier alpha value is -1.70. The van der Waals surface area contributed by atoms with Gasteiger partial charge in [0.05, 0.1) is 17.7 Å². The van der Waals surface area contributed by atoms with Crippen molar-refractivity contribution in [1.29, 1.82) is 0 Å². The number of halogens is 4. The van der Waals surface area contributed by atoms with Crippen molar-refractivity contribution < 1.29 is 28.5 Å². The molecule has 0 amide bonds. The van der Waals surface area contributed by atoms with Crippen LogP contribution in [0.25, 0.3) is 10.4 Å². The lowest BCUT2D eigenvalue weighted by atomic mass is 10.0. The van der Waals surface area contributed by atoms with Crippen molar-refractivity contribution in [1.82, 2.24) is 15.3 Å². The molecule has 4 rings (SSSR count). The number of piperidine rings is 1. The van der Waals surface area contributed by atoms with Crippen molar-refractivity contribution in [2.45, 2.75) is 56.2 Å². The Morgan fingerprint density at radius 2 is 1.97 bits per heavy atom. The van der Waals surface area contributed by atoms with Gasteiger partial charge in [-0.3, -0.25) is 0 Å². The maximum atomic E-state index is 12.7. The first-order valence-electron chi connectivity index (χ1n) is 11.1. The molecule has 0 bridgehead atoms. The average Bonchev–Trinajstić information content (AvgIpc) is 3.38. The van der Waals surface area contributed by atoms with E-state index in [1.54, 1.807) is 0 Å². The zero-order valence-electron chi connectivity index (χ0n) is 18.1. The molecule has 1 aliphatic carbocycles. The number of rotatable bonds is 7. The second-order valence-electron chi connectivity index (χ2n) is 8.65. The minimum Gasteiger partial charge on any atom is -0.396 e. The Morgan fingerprint density at radius 1 is 1.18 bits per heavy atom. The zero-order chi connectivity index (χ0) is 24.5. The SMILES string of the molecule is OC[C@H]1C[C@@H](Nc2nc(NCC(F)(F)F)nc(Cl)c2-c2ccc(C3CCCCN3)s2)[C@H](O)[C@@H]1O. The van der Waals surface area contributed by atoms with Crippen LogP contribution in [0.5, 0.6) is 0 Å². The Kier molecular flexibility index (Phi) is 7.85. The summed E-state index contributed by atoms with van der Waals surface area (Å²) in [6.45, 7) is -0.715. The molecule has 34 heavy (non-hydrogen) atoms. The summed E-state index contributed by atoms with van der Waals surface area (Å²) in [6, 6.07) is 3.38. The maximum absolute atomic E-state index is 12.7. The summed E-state index contributed by atoms with van der Waals surface area (Å²) < 4.78 is 38.1. The van der Waals surface area contributed by atoms with Gasteiger partial charge in [0, 0.05) is 28.3 Å². The first-order chi connectivity index (χ1) is 16.2. The summed E-state index contributed by atoms with van der Waals surface area (Å²) in [5.74, 6) is -0.711. The third-order valence-corrected chi connectivity index (χ3v) is 7.69. The molecule has 0 radical (unpaired) electrons. The predicted octanol–water partition coefficient (Wildman–Crippen LogP) is 3.16. The number of thiophene rings is 1. The highest BCUT2D eigenvalue weighted by Gasteiger charge is 2.41. The summed E-state index contributed by atoms with van der Waals surface area (Å²) in [5, 5.41) is 38.7. The summed E-state index contributed by atoms with van der Waals surface area (Å²) in [6.07, 6.45) is -3.32. The van der Waals surface area contributed by atoms with Gasteiger partial charge in [-0.15, -0.1) is 11.3 Å². The molecule has 8 nitrogen and oxygen atoms in total. The van der Waals surface area contributed by atoms with E-state index in [1.807, 2.05) is 12.1 Å². The molecule has 13 heteroatoms. The van der Waals surface area contributed by atoms with Crippen LogP contribution in [-0.2, 0) is 0 Å². The van der Waals surface area contributed by atoms with E-state index in [9.17, 15) is 28.5 Å². The molecule has 188 valence electrons. The summed E-state index contributed by atoms with van der Waals surface area (Å²) >= 11 is 7.94. The topological polar surface area (TPSA) is 123 Å². The van der Waals surface area contributed by atoms with Gasteiger partial charge in [0.15, 0.2) is 0 Å². The fourth-order valence-corrected chi connectivity index (χ4v) is 5.90. The number of hydrogen-bond acceptors (Lipinski definition) is 9. The predicted molar refractivity (Wildman–Crippen MR) is 124 cm³/mol. The quantitative estimate of drug-likeness (QED) is 0.307. The highest BCUT2D eigenvalue weighted by molar-refractivity contribution is 7.15. The molecule has 2 fully saturated rings. The molecule has 5 atom stereocenters. The summed E-state index contributed by atoms with van der Waals surface area (Å²) in [5.41, 5.74) is 0.403. The van der Waals surface area contributed by atoms with Gasteiger partial charge in [-0.05, 0) is 37.9 Å². The number of alkyl halides is 3. The van der Waals surface area contributed by atoms with Gasteiger partial charge < -0.3 is 31.3 Å². The second kappa shape index (κ2) is 10.5. The molecule has 1 saturated carbocycles. The van der Waals surface area contributed by atoms with Crippen LogP contribution in [0.1, 0.15) is 36.6 Å². The molecular weight excluding hydrogens is 495 g/mol. The Balaban J connectivity index is 1.66. The number of hydrogen-bond donors (Lipinski definition) is 6. The fourth-order valence-electron chi connectivity index (χ4n) is 4.41. The number of aliphatic hydroxyl groups excluding tert-OH is 3. The third-order valence-electron chi connectivity index (χ3n) is 6.20. The van der Waals surface area contributed by atoms with E-state index in [2.05, 4.69) is 25.9 Å². The van der Waals surface area contributed by atoms with Gasteiger partial charge in [-0.1, -0.05) is 18.0 Å². The normalized spacial score (nSPS) is 27.7. The van der Waals surface area contributed by atoms with E-state index in [4.69, 9.17) is 11.6 Å². The van der Waals surface area contributed by atoms with Crippen molar-refractivity contribution in [2.75, 3.05) is 30.3 Å². The first-order valence-corrected chi connectivity index (χ1v) is 12.3. The Bertz CT molecular complexity index is 989. The Labute approximate surface area is 203 Å². The van der Waals surface area contributed by atoms with Crippen LogP contribution < -0.4 is 16.0 Å². The summed E-state index contributed by atoms with van der Waals surface area (Å²) in [7, 11) is 0. The van der Waals surface area contributed by atoms with Gasteiger partial charge in [-0.2, -0.15) is 18.2 Å². The van der Waals surface area contributed by atoms with Gasteiger partial charge in [0.25, 0.3) is 0 Å². The van der Waals surface area contributed by atoms with E-state index < -0.39 is 36.9 Å². The van der Waals surface area contributed by atoms with Crippen LogP contribution >= 0.6 is 22.9 Å². The third kappa shape index (κ3) is 5.74. The molecule has 6 N–H and O–H groups in total. The van der Waals surface area contributed by atoms with Crippen molar-refractivity contribution in [3.05, 3.63) is 22.2 Å². The van der Waals surface area contributed by atoms with Crippen LogP contribution in [0.2, 0.25) is 5.15 Å². The minimum absolute atomic E-state index is 0.0427. The number of nitrogens with zero attached hydrogens (tertiary/aromatic N) is 2. The van der Waals surface area contributed by atoms with Crippen LogP contribution in [-0.4, -0.2) is 69.4 Å². The lowest BCUT2D eigenvalue weighted by Gasteiger charge is -2.22. The molecule has 1 unspecified atom stereocenters. The monoisotopic (exact) mass is 521 g/mol. The lowest BCUT2D eigenvalue weighted by molar-refractivity contribution is -0.115. The Morgan fingerprint density at radius 3 is 2.62 bits per heavy atom. The second-order valence-corrected chi connectivity index (χ2v) is 10.1. The van der Waals surface area contributed by atoms with E-state index in [0.717, 1.165) is 35.6 Å². The number of aromatic nitrogens is 2. The number of anilines is 2. The van der Waals surface area contributed by atoms with E-state index >= 15 is 0 Å². The van der Waals surface area contributed by atoms with Crippen LogP contribution in [0.15, 0.2) is 12.1 Å². The molecule has 2 aromatic heterocycles. The maximum Gasteiger partial charge on any atom is 0.405 e. The average molecular weight is 522 g/mol. The van der Waals surface area contributed by atoms with Gasteiger partial charge >= 0.3 is 6.18 Å².